The molecule has 0 saturated carbocycles. The zero-order valence-corrected chi connectivity index (χ0v) is 17.5. The molecule has 0 aliphatic heterocycles. The quantitative estimate of drug-likeness (QED) is 0.399. The van der Waals surface area contributed by atoms with Crippen molar-refractivity contribution in [1.29, 1.82) is 0 Å². The van der Waals surface area contributed by atoms with E-state index in [2.05, 4.69) is 37.6 Å². The summed E-state index contributed by atoms with van der Waals surface area (Å²) in [5, 5.41) is 0. The van der Waals surface area contributed by atoms with Crippen LogP contribution in [0.25, 0.3) is 11.1 Å². The van der Waals surface area contributed by atoms with Crippen LogP contribution in [-0.4, -0.2) is 12.6 Å². The standard InChI is InChI=1S/C25H23F3O3/c1-24(2,3)21-9-4-17(5-10-21)16-30-23-13-8-19(14-20(23)15-29)18-6-11-22(12-7-18)31-25(26,27)28/h4-15H,16H2,1-3H3. The highest BCUT2D eigenvalue weighted by Crippen LogP contribution is 2.30. The number of alkyl halides is 3. The van der Waals surface area contributed by atoms with Gasteiger partial charge in [-0.2, -0.15) is 0 Å². The van der Waals surface area contributed by atoms with Gasteiger partial charge in [-0.25, -0.2) is 0 Å². The van der Waals surface area contributed by atoms with Gasteiger partial charge in [0.1, 0.15) is 18.1 Å². The number of hydrogen-bond donors (Lipinski definition) is 0. The molecular weight excluding hydrogens is 405 g/mol. The third-order valence-corrected chi connectivity index (χ3v) is 4.77. The minimum absolute atomic E-state index is 0.0664. The van der Waals surface area contributed by atoms with E-state index in [9.17, 15) is 18.0 Å². The molecule has 0 heterocycles. The van der Waals surface area contributed by atoms with Crippen molar-refractivity contribution in [2.45, 2.75) is 39.2 Å². The number of halogens is 3. The molecule has 0 amide bonds. The Bertz CT molecular complexity index is 1030. The zero-order chi connectivity index (χ0) is 22.6. The second-order valence-electron chi connectivity index (χ2n) is 8.18. The summed E-state index contributed by atoms with van der Waals surface area (Å²) in [4.78, 5) is 11.6. The smallest absolute Gasteiger partial charge is 0.488 e. The van der Waals surface area contributed by atoms with Crippen molar-refractivity contribution in [2.75, 3.05) is 0 Å². The van der Waals surface area contributed by atoms with Gasteiger partial charge >= 0.3 is 6.36 Å². The fourth-order valence-electron chi connectivity index (χ4n) is 3.06. The summed E-state index contributed by atoms with van der Waals surface area (Å²) in [6, 6.07) is 18.7. The van der Waals surface area contributed by atoms with E-state index in [0.29, 0.717) is 35.3 Å². The van der Waals surface area contributed by atoms with E-state index in [4.69, 9.17) is 4.74 Å². The van der Waals surface area contributed by atoms with Crippen molar-refractivity contribution >= 4 is 6.29 Å². The number of ether oxygens (including phenoxy) is 2. The molecule has 0 aliphatic rings. The zero-order valence-electron chi connectivity index (χ0n) is 17.5. The molecule has 3 aromatic carbocycles. The van der Waals surface area contributed by atoms with Crippen LogP contribution in [0.15, 0.2) is 66.7 Å². The Balaban J connectivity index is 1.72. The highest BCUT2D eigenvalue weighted by Gasteiger charge is 2.31. The molecule has 0 fully saturated rings. The van der Waals surface area contributed by atoms with Gasteiger partial charge in [-0.3, -0.25) is 4.79 Å². The number of carbonyl (C=O) groups is 1. The Morgan fingerprint density at radius 1 is 0.839 bits per heavy atom. The number of aldehydes is 1. The van der Waals surface area contributed by atoms with Crippen molar-refractivity contribution in [3.63, 3.8) is 0 Å². The summed E-state index contributed by atoms with van der Waals surface area (Å²) in [7, 11) is 0. The summed E-state index contributed by atoms with van der Waals surface area (Å²) in [5.41, 5.74) is 3.97. The topological polar surface area (TPSA) is 35.5 Å². The second-order valence-corrected chi connectivity index (χ2v) is 8.18. The molecule has 3 nitrogen and oxygen atoms in total. The largest absolute Gasteiger partial charge is 0.573 e. The van der Waals surface area contributed by atoms with Crippen LogP contribution in [0.4, 0.5) is 13.2 Å². The van der Waals surface area contributed by atoms with Crippen molar-refractivity contribution in [3.8, 4) is 22.6 Å². The van der Waals surface area contributed by atoms with Crippen LogP contribution < -0.4 is 9.47 Å². The van der Waals surface area contributed by atoms with Crippen LogP contribution >= 0.6 is 0 Å². The Labute approximate surface area is 179 Å². The lowest BCUT2D eigenvalue weighted by Crippen LogP contribution is -2.16. The lowest BCUT2D eigenvalue weighted by Gasteiger charge is -2.19. The summed E-state index contributed by atoms with van der Waals surface area (Å²) in [5.74, 6) is 0.139. The van der Waals surface area contributed by atoms with Crippen LogP contribution in [0.2, 0.25) is 0 Å². The summed E-state index contributed by atoms with van der Waals surface area (Å²) >= 11 is 0. The normalized spacial score (nSPS) is 11.8. The Kier molecular flexibility index (Phi) is 6.39. The molecule has 0 unspecified atom stereocenters. The second kappa shape index (κ2) is 8.84. The molecule has 0 saturated heterocycles. The molecular formula is C25H23F3O3. The van der Waals surface area contributed by atoms with Gasteiger partial charge in [-0.1, -0.05) is 63.2 Å². The molecule has 31 heavy (non-hydrogen) atoms. The van der Waals surface area contributed by atoms with E-state index in [-0.39, 0.29) is 11.2 Å². The first-order valence-electron chi connectivity index (χ1n) is 9.73. The van der Waals surface area contributed by atoms with E-state index in [1.807, 2.05) is 12.1 Å². The van der Waals surface area contributed by atoms with Crippen LogP contribution in [-0.2, 0) is 12.0 Å². The minimum atomic E-state index is -4.74. The molecule has 0 atom stereocenters. The van der Waals surface area contributed by atoms with E-state index < -0.39 is 6.36 Å². The van der Waals surface area contributed by atoms with Gasteiger partial charge in [-0.05, 0) is 51.9 Å². The van der Waals surface area contributed by atoms with Gasteiger partial charge in [0, 0.05) is 0 Å². The van der Waals surface area contributed by atoms with Crippen LogP contribution in [0.5, 0.6) is 11.5 Å². The van der Waals surface area contributed by atoms with Gasteiger partial charge in [0.2, 0.25) is 0 Å². The number of benzene rings is 3. The van der Waals surface area contributed by atoms with Gasteiger partial charge < -0.3 is 9.47 Å². The fourth-order valence-corrected chi connectivity index (χ4v) is 3.06. The Morgan fingerprint density at radius 3 is 2.00 bits per heavy atom. The highest BCUT2D eigenvalue weighted by atomic mass is 19.4. The van der Waals surface area contributed by atoms with E-state index in [0.717, 1.165) is 5.56 Å². The number of rotatable bonds is 6. The predicted octanol–water partition coefficient (Wildman–Crippen LogP) is 6.94. The molecule has 0 N–H and O–H groups in total. The van der Waals surface area contributed by atoms with Crippen molar-refractivity contribution in [2.24, 2.45) is 0 Å². The number of hydrogen-bond acceptors (Lipinski definition) is 3. The maximum Gasteiger partial charge on any atom is 0.573 e. The lowest BCUT2D eigenvalue weighted by molar-refractivity contribution is -0.274. The first kappa shape index (κ1) is 22.4. The van der Waals surface area contributed by atoms with Gasteiger partial charge in [0.25, 0.3) is 0 Å². The maximum atomic E-state index is 12.3. The SMILES string of the molecule is CC(C)(C)c1ccc(COc2ccc(-c3ccc(OC(F)(F)F)cc3)cc2C=O)cc1. The number of carbonyl (C=O) groups excluding carboxylic acids is 1. The molecule has 0 aromatic heterocycles. The van der Waals surface area contributed by atoms with Crippen LogP contribution in [0, 0.1) is 0 Å². The Morgan fingerprint density at radius 2 is 1.45 bits per heavy atom. The summed E-state index contributed by atoms with van der Waals surface area (Å²) in [6.07, 6.45) is -4.04. The van der Waals surface area contributed by atoms with Gasteiger partial charge in [-0.15, -0.1) is 13.2 Å². The fraction of sp³-hybridized carbons (Fsp3) is 0.240. The van der Waals surface area contributed by atoms with Crippen molar-refractivity contribution < 1.29 is 27.4 Å². The predicted molar refractivity (Wildman–Crippen MR) is 113 cm³/mol. The first-order chi connectivity index (χ1) is 14.5. The molecule has 3 aromatic rings. The Hall–Kier alpha value is -3.28. The lowest BCUT2D eigenvalue weighted by atomic mass is 9.87. The average Bonchev–Trinajstić information content (AvgIpc) is 2.71. The third kappa shape index (κ3) is 6.10. The first-order valence-corrected chi connectivity index (χ1v) is 9.73. The highest BCUT2D eigenvalue weighted by molar-refractivity contribution is 5.83. The average molecular weight is 428 g/mol. The summed E-state index contributed by atoms with van der Waals surface area (Å²) < 4.78 is 46.6. The summed E-state index contributed by atoms with van der Waals surface area (Å²) in [6.45, 7) is 6.75. The van der Waals surface area contributed by atoms with Crippen molar-refractivity contribution in [1.82, 2.24) is 0 Å². The monoisotopic (exact) mass is 428 g/mol. The van der Waals surface area contributed by atoms with Crippen LogP contribution in [0.3, 0.4) is 0 Å². The third-order valence-electron chi connectivity index (χ3n) is 4.77. The van der Waals surface area contributed by atoms with E-state index >= 15 is 0 Å². The van der Waals surface area contributed by atoms with Gasteiger partial charge in [0.15, 0.2) is 6.29 Å². The molecule has 6 heteroatoms. The van der Waals surface area contributed by atoms with Crippen molar-refractivity contribution in [3.05, 3.63) is 83.4 Å². The molecule has 0 radical (unpaired) electrons. The molecule has 0 aliphatic carbocycles. The van der Waals surface area contributed by atoms with E-state index in [1.54, 1.807) is 18.2 Å². The maximum absolute atomic E-state index is 12.3. The molecule has 162 valence electrons. The molecule has 0 spiro atoms. The molecule has 0 bridgehead atoms. The molecule has 3 rings (SSSR count). The van der Waals surface area contributed by atoms with E-state index in [1.165, 1.54) is 29.8 Å². The minimum Gasteiger partial charge on any atom is -0.488 e. The van der Waals surface area contributed by atoms with Gasteiger partial charge in [0.05, 0.1) is 5.56 Å². The van der Waals surface area contributed by atoms with Crippen LogP contribution in [0.1, 0.15) is 42.3 Å².